The van der Waals surface area contributed by atoms with E-state index in [-0.39, 0.29) is 11.7 Å². The summed E-state index contributed by atoms with van der Waals surface area (Å²) in [6, 6.07) is 3.38. The highest BCUT2D eigenvalue weighted by molar-refractivity contribution is 5.33. The number of unbranched alkanes of at least 4 members (excludes halogenated alkanes) is 1. The molecule has 0 saturated heterocycles. The quantitative estimate of drug-likeness (QED) is 0.483. The van der Waals surface area contributed by atoms with Crippen LogP contribution in [-0.4, -0.2) is 6.61 Å². The first-order valence-corrected chi connectivity index (χ1v) is 10.7. The van der Waals surface area contributed by atoms with Crippen molar-refractivity contribution in [2.45, 2.75) is 84.0 Å². The normalized spacial score (nSPS) is 29.5. The lowest BCUT2D eigenvalue weighted by Gasteiger charge is -2.37. The Bertz CT molecular complexity index is 570. The first kappa shape index (κ1) is 19.6. The molecule has 0 aliphatic heterocycles. The highest BCUT2D eigenvalue weighted by Gasteiger charge is 2.32. The molecule has 0 atom stereocenters. The number of hydrogen-bond acceptors (Lipinski definition) is 1. The van der Waals surface area contributed by atoms with Gasteiger partial charge in [-0.15, -0.1) is 0 Å². The minimum atomic E-state index is -0.804. The first-order chi connectivity index (χ1) is 12.6. The first-order valence-electron chi connectivity index (χ1n) is 10.7. The van der Waals surface area contributed by atoms with Crippen LogP contribution >= 0.6 is 0 Å². The summed E-state index contributed by atoms with van der Waals surface area (Å²) in [4.78, 5) is 0. The summed E-state index contributed by atoms with van der Waals surface area (Å²) < 4.78 is 34.3. The van der Waals surface area contributed by atoms with Gasteiger partial charge in [-0.05, 0) is 80.2 Å². The lowest BCUT2D eigenvalue weighted by atomic mass is 9.68. The lowest BCUT2D eigenvalue weighted by molar-refractivity contribution is 0.164. The lowest BCUT2D eigenvalue weighted by Crippen LogP contribution is -2.25. The molecule has 0 N–H and O–H groups in total. The Morgan fingerprint density at radius 2 is 1.50 bits per heavy atom. The highest BCUT2D eigenvalue weighted by Crippen LogP contribution is 2.44. The Morgan fingerprint density at radius 3 is 2.12 bits per heavy atom. The molecule has 26 heavy (non-hydrogen) atoms. The maximum atomic E-state index is 14.6. The molecule has 146 valence electrons. The van der Waals surface area contributed by atoms with E-state index in [1.807, 2.05) is 6.92 Å². The van der Waals surface area contributed by atoms with Gasteiger partial charge in [-0.25, -0.2) is 4.39 Å². The van der Waals surface area contributed by atoms with Crippen molar-refractivity contribution in [2.24, 2.45) is 17.8 Å². The minimum absolute atomic E-state index is 0.0599. The molecule has 0 unspecified atom stereocenters. The van der Waals surface area contributed by atoms with Crippen LogP contribution in [0.15, 0.2) is 12.1 Å². The summed E-state index contributed by atoms with van der Waals surface area (Å²) in [7, 11) is 0. The van der Waals surface area contributed by atoms with Crippen molar-refractivity contribution >= 4 is 0 Å². The third kappa shape index (κ3) is 4.58. The van der Waals surface area contributed by atoms with Crippen LogP contribution in [0, 0.1) is 29.4 Å². The fraction of sp³-hybridized carbons (Fsp3) is 0.739. The van der Waals surface area contributed by atoms with Gasteiger partial charge < -0.3 is 4.74 Å². The second-order valence-electron chi connectivity index (χ2n) is 8.61. The topological polar surface area (TPSA) is 9.23 Å². The van der Waals surface area contributed by atoms with Crippen molar-refractivity contribution in [1.82, 2.24) is 0 Å². The van der Waals surface area contributed by atoms with Crippen LogP contribution in [-0.2, 0) is 0 Å². The zero-order chi connectivity index (χ0) is 18.5. The summed E-state index contributed by atoms with van der Waals surface area (Å²) in [5.41, 5.74) is 0.557. The van der Waals surface area contributed by atoms with Gasteiger partial charge in [-0.1, -0.05) is 39.2 Å². The van der Waals surface area contributed by atoms with Gasteiger partial charge in [0.15, 0.2) is 11.6 Å². The van der Waals surface area contributed by atoms with Crippen molar-refractivity contribution in [3.8, 4) is 5.75 Å². The van der Waals surface area contributed by atoms with E-state index in [0.29, 0.717) is 12.2 Å². The number of halogens is 2. The Hall–Kier alpha value is -1.12. The zero-order valence-electron chi connectivity index (χ0n) is 16.4. The SMILES string of the molecule is CCCCOc1ccc(C2CCC(C3CCC(C)CC3)CC2)c(F)c1F. The highest BCUT2D eigenvalue weighted by atomic mass is 19.2. The molecule has 0 aromatic heterocycles. The average molecular weight is 365 g/mol. The van der Waals surface area contributed by atoms with Gasteiger partial charge in [0.05, 0.1) is 6.61 Å². The van der Waals surface area contributed by atoms with E-state index in [2.05, 4.69) is 6.92 Å². The van der Waals surface area contributed by atoms with Crippen molar-refractivity contribution in [2.75, 3.05) is 6.61 Å². The van der Waals surface area contributed by atoms with E-state index >= 15 is 0 Å². The van der Waals surface area contributed by atoms with Gasteiger partial charge in [0, 0.05) is 0 Å². The van der Waals surface area contributed by atoms with Crippen molar-refractivity contribution in [3.05, 3.63) is 29.3 Å². The summed E-state index contributed by atoms with van der Waals surface area (Å²) in [5, 5.41) is 0. The number of rotatable bonds is 6. The molecule has 3 rings (SSSR count). The summed E-state index contributed by atoms with van der Waals surface area (Å²) in [5.74, 6) is 1.28. The van der Waals surface area contributed by atoms with Crippen LogP contribution in [0.25, 0.3) is 0 Å². The van der Waals surface area contributed by atoms with Gasteiger partial charge in [0.1, 0.15) is 0 Å². The molecule has 1 nitrogen and oxygen atoms in total. The summed E-state index contributed by atoms with van der Waals surface area (Å²) in [6.45, 7) is 4.85. The summed E-state index contributed by atoms with van der Waals surface area (Å²) in [6.07, 6.45) is 11.6. The van der Waals surface area contributed by atoms with Crippen molar-refractivity contribution in [3.63, 3.8) is 0 Å². The maximum Gasteiger partial charge on any atom is 0.200 e. The Morgan fingerprint density at radius 1 is 0.885 bits per heavy atom. The van der Waals surface area contributed by atoms with Gasteiger partial charge in [0.2, 0.25) is 5.82 Å². The second kappa shape index (κ2) is 9.19. The molecular formula is C23H34F2O. The van der Waals surface area contributed by atoms with Gasteiger partial charge in [0.25, 0.3) is 0 Å². The fourth-order valence-electron chi connectivity index (χ4n) is 4.96. The standard InChI is InChI=1S/C23H34F2O/c1-3-4-15-26-21-14-13-20(22(24)23(21)25)19-11-9-18(10-12-19)17-7-5-16(2)6-8-17/h13-14,16-19H,3-12,15H2,1-2H3. The van der Waals surface area contributed by atoms with E-state index in [1.54, 1.807) is 12.1 Å². The van der Waals surface area contributed by atoms with E-state index in [0.717, 1.165) is 43.4 Å². The van der Waals surface area contributed by atoms with Crippen LogP contribution in [0.1, 0.15) is 89.5 Å². The molecule has 1 aromatic rings. The van der Waals surface area contributed by atoms with E-state index in [4.69, 9.17) is 4.74 Å². The molecule has 2 fully saturated rings. The monoisotopic (exact) mass is 364 g/mol. The van der Waals surface area contributed by atoms with Crippen molar-refractivity contribution in [1.29, 1.82) is 0 Å². The van der Waals surface area contributed by atoms with E-state index in [1.165, 1.54) is 38.5 Å². The van der Waals surface area contributed by atoms with Crippen LogP contribution < -0.4 is 4.74 Å². The predicted octanol–water partition coefficient (Wildman–Crippen LogP) is 7.24. The van der Waals surface area contributed by atoms with E-state index < -0.39 is 11.6 Å². The Balaban J connectivity index is 1.58. The smallest absolute Gasteiger partial charge is 0.200 e. The van der Waals surface area contributed by atoms with E-state index in [9.17, 15) is 8.78 Å². The Kier molecular flexibility index (Phi) is 6.94. The zero-order valence-corrected chi connectivity index (χ0v) is 16.4. The third-order valence-corrected chi connectivity index (χ3v) is 6.77. The molecule has 1 aromatic carbocycles. The minimum Gasteiger partial charge on any atom is -0.490 e. The predicted molar refractivity (Wildman–Crippen MR) is 103 cm³/mol. The number of hydrogen-bond donors (Lipinski definition) is 0. The van der Waals surface area contributed by atoms with Crippen molar-refractivity contribution < 1.29 is 13.5 Å². The van der Waals surface area contributed by atoms with Gasteiger partial charge >= 0.3 is 0 Å². The average Bonchev–Trinajstić information content (AvgIpc) is 2.66. The largest absolute Gasteiger partial charge is 0.490 e. The van der Waals surface area contributed by atoms with Crippen LogP contribution in [0.5, 0.6) is 5.75 Å². The van der Waals surface area contributed by atoms with Gasteiger partial charge in [-0.2, -0.15) is 4.39 Å². The second-order valence-corrected chi connectivity index (χ2v) is 8.61. The molecule has 0 bridgehead atoms. The molecular weight excluding hydrogens is 330 g/mol. The Labute approximate surface area is 157 Å². The third-order valence-electron chi connectivity index (χ3n) is 6.77. The molecule has 3 heteroatoms. The molecule has 2 aliphatic carbocycles. The van der Waals surface area contributed by atoms with Crippen LogP contribution in [0.4, 0.5) is 8.78 Å². The van der Waals surface area contributed by atoms with Crippen LogP contribution in [0.3, 0.4) is 0 Å². The number of ether oxygens (including phenoxy) is 1. The summed E-state index contributed by atoms with van der Waals surface area (Å²) >= 11 is 0. The molecule has 2 aliphatic rings. The number of benzene rings is 1. The van der Waals surface area contributed by atoms with Gasteiger partial charge in [-0.3, -0.25) is 0 Å². The maximum absolute atomic E-state index is 14.6. The fourth-order valence-corrected chi connectivity index (χ4v) is 4.96. The molecule has 0 radical (unpaired) electrons. The molecule has 0 amide bonds. The molecule has 0 spiro atoms. The molecule has 2 saturated carbocycles. The van der Waals surface area contributed by atoms with Crippen LogP contribution in [0.2, 0.25) is 0 Å². The molecule has 0 heterocycles.